The van der Waals surface area contributed by atoms with Crippen molar-refractivity contribution in [1.82, 2.24) is 9.62 Å². The molecule has 0 saturated heterocycles. The first-order chi connectivity index (χ1) is 13.1. The number of rotatable bonds is 12. The van der Waals surface area contributed by atoms with E-state index in [1.807, 2.05) is 42.5 Å². The fraction of sp³-hybridized carbons (Fsp3) is 0.455. The first-order valence-corrected chi connectivity index (χ1v) is 11.4. The van der Waals surface area contributed by atoms with Crippen LogP contribution in [0.2, 0.25) is 0 Å². The van der Waals surface area contributed by atoms with E-state index in [0.29, 0.717) is 11.4 Å². The zero-order valence-corrected chi connectivity index (χ0v) is 17.3. The molecule has 0 radical (unpaired) electrons. The molecule has 0 aromatic heterocycles. The van der Waals surface area contributed by atoms with Gasteiger partial charge in [-0.1, -0.05) is 69.2 Å². The largest absolute Gasteiger partial charge is 0.302 e. The van der Waals surface area contributed by atoms with Gasteiger partial charge in [0, 0.05) is 13.1 Å². The van der Waals surface area contributed by atoms with Gasteiger partial charge in [-0.25, -0.2) is 13.1 Å². The van der Waals surface area contributed by atoms with Crippen molar-refractivity contribution < 1.29 is 8.42 Å². The second-order valence-corrected chi connectivity index (χ2v) is 8.60. The average Bonchev–Trinajstić information content (AvgIpc) is 2.70. The molecule has 2 aromatic rings. The number of benzene rings is 2. The number of hydrogen-bond acceptors (Lipinski definition) is 3. The molecular weight excluding hydrogens is 356 g/mol. The van der Waals surface area contributed by atoms with Crippen molar-refractivity contribution in [3.63, 3.8) is 0 Å². The van der Waals surface area contributed by atoms with Gasteiger partial charge >= 0.3 is 0 Å². The summed E-state index contributed by atoms with van der Waals surface area (Å²) in [6.45, 7) is 7.62. The van der Waals surface area contributed by atoms with Gasteiger partial charge in [-0.15, -0.1) is 0 Å². The van der Waals surface area contributed by atoms with Gasteiger partial charge in [0.1, 0.15) is 0 Å². The van der Waals surface area contributed by atoms with Crippen LogP contribution in [0.25, 0.3) is 11.1 Å². The lowest BCUT2D eigenvalue weighted by molar-refractivity contribution is 0.269. The van der Waals surface area contributed by atoms with Crippen molar-refractivity contribution in [2.45, 2.75) is 44.4 Å². The van der Waals surface area contributed by atoms with Crippen LogP contribution in [0.1, 0.15) is 39.5 Å². The molecule has 2 rings (SSSR count). The second-order valence-electron chi connectivity index (χ2n) is 6.84. The number of hydrogen-bond donors (Lipinski definition) is 1. The Morgan fingerprint density at radius 3 is 1.89 bits per heavy atom. The molecular formula is C22H32N2O2S. The summed E-state index contributed by atoms with van der Waals surface area (Å²) in [6.07, 6.45) is 4.61. The molecule has 0 atom stereocenters. The lowest BCUT2D eigenvalue weighted by Gasteiger charge is -2.22. The van der Waals surface area contributed by atoms with E-state index in [4.69, 9.17) is 0 Å². The summed E-state index contributed by atoms with van der Waals surface area (Å²) in [4.78, 5) is 2.67. The Balaban J connectivity index is 1.93. The fourth-order valence-corrected chi connectivity index (χ4v) is 4.00. The summed E-state index contributed by atoms with van der Waals surface area (Å²) < 4.78 is 27.9. The molecule has 0 saturated carbocycles. The SMILES string of the molecule is CCCCN(CCCC)CCNS(=O)(=O)c1ccc(-c2ccccc2)cc1. The van der Waals surface area contributed by atoms with Crippen molar-refractivity contribution >= 4 is 10.0 Å². The van der Waals surface area contributed by atoms with E-state index in [2.05, 4.69) is 23.5 Å². The average molecular weight is 389 g/mol. The summed E-state index contributed by atoms with van der Waals surface area (Å²) in [5.74, 6) is 0. The van der Waals surface area contributed by atoms with E-state index >= 15 is 0 Å². The Kier molecular flexibility index (Phi) is 8.98. The summed E-state index contributed by atoms with van der Waals surface area (Å²) in [7, 11) is -3.47. The highest BCUT2D eigenvalue weighted by molar-refractivity contribution is 7.89. The first kappa shape index (κ1) is 21.6. The molecule has 1 N–H and O–H groups in total. The van der Waals surface area contributed by atoms with E-state index in [-0.39, 0.29) is 0 Å². The molecule has 0 bridgehead atoms. The molecule has 4 nitrogen and oxygen atoms in total. The predicted octanol–water partition coefficient (Wildman–Crippen LogP) is 4.53. The number of unbranched alkanes of at least 4 members (excludes halogenated alkanes) is 2. The topological polar surface area (TPSA) is 49.4 Å². The van der Waals surface area contributed by atoms with Gasteiger partial charge in [0.25, 0.3) is 0 Å². The van der Waals surface area contributed by atoms with Crippen LogP contribution >= 0.6 is 0 Å². The lowest BCUT2D eigenvalue weighted by Crippen LogP contribution is -2.36. The van der Waals surface area contributed by atoms with Crippen molar-refractivity contribution in [2.24, 2.45) is 0 Å². The van der Waals surface area contributed by atoms with E-state index in [0.717, 1.165) is 56.4 Å². The minimum absolute atomic E-state index is 0.316. The van der Waals surface area contributed by atoms with E-state index < -0.39 is 10.0 Å². The normalized spacial score (nSPS) is 11.8. The number of sulfonamides is 1. The summed E-state index contributed by atoms with van der Waals surface area (Å²) in [5, 5.41) is 0. The Morgan fingerprint density at radius 2 is 1.33 bits per heavy atom. The molecule has 5 heteroatoms. The van der Waals surface area contributed by atoms with Gasteiger partial charge in [-0.2, -0.15) is 0 Å². The van der Waals surface area contributed by atoms with Crippen LogP contribution in [0.15, 0.2) is 59.5 Å². The fourth-order valence-electron chi connectivity index (χ4n) is 2.98. The third kappa shape index (κ3) is 7.09. The molecule has 0 heterocycles. The Bertz CT molecular complexity index is 751. The molecule has 0 spiro atoms. The molecule has 27 heavy (non-hydrogen) atoms. The van der Waals surface area contributed by atoms with Crippen LogP contribution in [-0.4, -0.2) is 39.5 Å². The van der Waals surface area contributed by atoms with Gasteiger partial charge in [-0.3, -0.25) is 0 Å². The van der Waals surface area contributed by atoms with Gasteiger partial charge < -0.3 is 4.90 Å². The molecule has 0 aliphatic rings. The molecule has 0 fully saturated rings. The highest BCUT2D eigenvalue weighted by atomic mass is 32.2. The summed E-state index contributed by atoms with van der Waals surface area (Å²) in [5.41, 5.74) is 2.09. The van der Waals surface area contributed by atoms with Crippen molar-refractivity contribution in [1.29, 1.82) is 0 Å². The maximum absolute atomic E-state index is 12.6. The summed E-state index contributed by atoms with van der Waals surface area (Å²) in [6, 6.07) is 17.0. The zero-order valence-electron chi connectivity index (χ0n) is 16.5. The Labute approximate surface area is 164 Å². The lowest BCUT2D eigenvalue weighted by atomic mass is 10.1. The minimum atomic E-state index is -3.47. The molecule has 0 aliphatic carbocycles. The Hall–Kier alpha value is -1.69. The molecule has 148 valence electrons. The Morgan fingerprint density at radius 1 is 0.778 bits per heavy atom. The highest BCUT2D eigenvalue weighted by Crippen LogP contribution is 2.20. The highest BCUT2D eigenvalue weighted by Gasteiger charge is 2.14. The second kappa shape index (κ2) is 11.2. The van der Waals surface area contributed by atoms with Gasteiger partial charge in [0.15, 0.2) is 0 Å². The third-order valence-electron chi connectivity index (χ3n) is 4.65. The third-order valence-corrected chi connectivity index (χ3v) is 6.12. The first-order valence-electron chi connectivity index (χ1n) is 9.94. The predicted molar refractivity (Wildman–Crippen MR) is 113 cm³/mol. The van der Waals surface area contributed by atoms with Crippen molar-refractivity contribution in [3.8, 4) is 11.1 Å². The zero-order chi connectivity index (χ0) is 19.5. The van der Waals surface area contributed by atoms with Gasteiger partial charge in [-0.05, 0) is 49.2 Å². The maximum atomic E-state index is 12.6. The van der Waals surface area contributed by atoms with Crippen LogP contribution < -0.4 is 4.72 Å². The monoisotopic (exact) mass is 388 g/mol. The van der Waals surface area contributed by atoms with Crippen molar-refractivity contribution in [2.75, 3.05) is 26.2 Å². The van der Waals surface area contributed by atoms with Crippen LogP contribution in [0, 0.1) is 0 Å². The molecule has 0 amide bonds. The maximum Gasteiger partial charge on any atom is 0.240 e. The van der Waals surface area contributed by atoms with Gasteiger partial charge in [0.05, 0.1) is 4.90 Å². The molecule has 2 aromatic carbocycles. The van der Waals surface area contributed by atoms with Crippen molar-refractivity contribution in [3.05, 3.63) is 54.6 Å². The van der Waals surface area contributed by atoms with Gasteiger partial charge in [0.2, 0.25) is 10.0 Å². The quantitative estimate of drug-likeness (QED) is 0.581. The molecule has 0 aliphatic heterocycles. The van der Waals surface area contributed by atoms with E-state index in [9.17, 15) is 8.42 Å². The van der Waals surface area contributed by atoms with Crippen LogP contribution in [-0.2, 0) is 10.0 Å². The van der Waals surface area contributed by atoms with Crippen LogP contribution in [0.5, 0.6) is 0 Å². The number of nitrogens with zero attached hydrogens (tertiary/aromatic N) is 1. The van der Waals surface area contributed by atoms with E-state index in [1.54, 1.807) is 12.1 Å². The summed E-state index contributed by atoms with van der Waals surface area (Å²) >= 11 is 0. The van der Waals surface area contributed by atoms with Crippen LogP contribution in [0.3, 0.4) is 0 Å². The number of nitrogens with one attached hydrogen (secondary N) is 1. The van der Waals surface area contributed by atoms with E-state index in [1.165, 1.54) is 0 Å². The minimum Gasteiger partial charge on any atom is -0.302 e. The standard InChI is InChI=1S/C22H32N2O2S/c1-3-5-17-24(18-6-4-2)19-16-23-27(25,26)22-14-12-21(13-15-22)20-10-8-7-9-11-20/h7-15,23H,3-6,16-19H2,1-2H3. The van der Waals surface area contributed by atoms with Crippen LogP contribution in [0.4, 0.5) is 0 Å². The molecule has 0 unspecified atom stereocenters. The smallest absolute Gasteiger partial charge is 0.240 e.